The maximum Gasteiger partial charge on any atom is 0.191 e. The molecule has 80 valence electrons. The van der Waals surface area contributed by atoms with Crippen molar-refractivity contribution in [1.29, 1.82) is 0 Å². The number of aliphatic imine (C=N–C) groups is 1. The molecule has 1 aliphatic carbocycles. The summed E-state index contributed by atoms with van der Waals surface area (Å²) in [4.78, 5) is 4.36. The standard InChI is InChI=1S/C10H19N3O/c1-7-2-3-11-10(13-7)12-6-8-4-9(14)5-8/h7-9,14H,2-6H2,1H3,(H2,11,12,13). The molecule has 1 unspecified atom stereocenters. The molecule has 0 aromatic rings. The summed E-state index contributed by atoms with van der Waals surface area (Å²) >= 11 is 0. The van der Waals surface area contributed by atoms with Gasteiger partial charge in [-0.25, -0.2) is 0 Å². The van der Waals surface area contributed by atoms with Crippen LogP contribution in [0.4, 0.5) is 0 Å². The van der Waals surface area contributed by atoms with Crippen molar-refractivity contribution < 1.29 is 5.11 Å². The van der Waals surface area contributed by atoms with Gasteiger partial charge in [0.15, 0.2) is 5.96 Å². The van der Waals surface area contributed by atoms with Gasteiger partial charge in [0.25, 0.3) is 0 Å². The van der Waals surface area contributed by atoms with Crippen LogP contribution in [0.3, 0.4) is 0 Å². The molecule has 1 atom stereocenters. The van der Waals surface area contributed by atoms with Crippen molar-refractivity contribution in [2.24, 2.45) is 10.9 Å². The number of guanidine groups is 1. The Hall–Kier alpha value is -0.770. The lowest BCUT2D eigenvalue weighted by Gasteiger charge is -2.32. The summed E-state index contributed by atoms with van der Waals surface area (Å²) in [6.45, 7) is 4.03. The molecule has 1 heterocycles. The van der Waals surface area contributed by atoms with E-state index in [1.807, 2.05) is 0 Å². The van der Waals surface area contributed by atoms with E-state index in [9.17, 15) is 0 Å². The Morgan fingerprint density at radius 3 is 3.00 bits per heavy atom. The van der Waals surface area contributed by atoms with Gasteiger partial charge in [-0.2, -0.15) is 0 Å². The van der Waals surface area contributed by atoms with Crippen LogP contribution in [0.15, 0.2) is 4.99 Å². The SMILES string of the molecule is CC1CCN=C(NCC2CC(O)C2)N1. The fourth-order valence-corrected chi connectivity index (χ4v) is 1.94. The first-order valence-electron chi connectivity index (χ1n) is 5.47. The first kappa shape index (κ1) is 9.77. The predicted octanol–water partition coefficient (Wildman–Crippen LogP) is 0.0847. The maximum absolute atomic E-state index is 9.12. The topological polar surface area (TPSA) is 56.7 Å². The lowest BCUT2D eigenvalue weighted by atomic mass is 9.82. The second-order valence-corrected chi connectivity index (χ2v) is 4.44. The summed E-state index contributed by atoms with van der Waals surface area (Å²) in [7, 11) is 0. The van der Waals surface area contributed by atoms with Gasteiger partial charge in [0.05, 0.1) is 6.10 Å². The normalized spacial score (nSPS) is 36.7. The predicted molar refractivity (Wildman–Crippen MR) is 56.3 cm³/mol. The average molecular weight is 197 g/mol. The van der Waals surface area contributed by atoms with E-state index in [1.54, 1.807) is 0 Å². The van der Waals surface area contributed by atoms with Crippen molar-refractivity contribution in [3.63, 3.8) is 0 Å². The Bertz CT molecular complexity index is 223. The van der Waals surface area contributed by atoms with Gasteiger partial charge in [0, 0.05) is 19.1 Å². The summed E-state index contributed by atoms with van der Waals surface area (Å²) in [5, 5.41) is 15.7. The minimum atomic E-state index is -0.0537. The zero-order chi connectivity index (χ0) is 9.97. The molecule has 3 N–H and O–H groups in total. The first-order chi connectivity index (χ1) is 6.74. The van der Waals surface area contributed by atoms with Crippen molar-refractivity contribution in [2.45, 2.75) is 38.3 Å². The fraction of sp³-hybridized carbons (Fsp3) is 0.900. The number of hydrogen-bond acceptors (Lipinski definition) is 4. The van der Waals surface area contributed by atoms with Crippen molar-refractivity contribution in [2.75, 3.05) is 13.1 Å². The van der Waals surface area contributed by atoms with Crippen molar-refractivity contribution >= 4 is 5.96 Å². The Morgan fingerprint density at radius 2 is 2.36 bits per heavy atom. The van der Waals surface area contributed by atoms with Gasteiger partial charge in [-0.3, -0.25) is 4.99 Å². The second-order valence-electron chi connectivity index (χ2n) is 4.44. The monoisotopic (exact) mass is 197 g/mol. The third kappa shape index (κ3) is 2.38. The number of aliphatic hydroxyl groups excluding tert-OH is 1. The summed E-state index contributed by atoms with van der Waals surface area (Å²) in [5.41, 5.74) is 0. The molecule has 0 bridgehead atoms. The van der Waals surface area contributed by atoms with Gasteiger partial charge in [0.1, 0.15) is 0 Å². The molecule has 0 aromatic heterocycles. The van der Waals surface area contributed by atoms with Crippen LogP contribution < -0.4 is 10.6 Å². The molecule has 0 amide bonds. The molecule has 0 saturated heterocycles. The highest BCUT2D eigenvalue weighted by molar-refractivity contribution is 5.80. The largest absolute Gasteiger partial charge is 0.393 e. The molecule has 4 heteroatoms. The fourth-order valence-electron chi connectivity index (χ4n) is 1.94. The molecule has 0 radical (unpaired) electrons. The average Bonchev–Trinajstić information content (AvgIpc) is 2.11. The van der Waals surface area contributed by atoms with Crippen molar-refractivity contribution in [3.05, 3.63) is 0 Å². The molecular weight excluding hydrogens is 178 g/mol. The zero-order valence-corrected chi connectivity index (χ0v) is 8.66. The number of aliphatic hydroxyl groups is 1. The number of nitrogens with zero attached hydrogens (tertiary/aromatic N) is 1. The summed E-state index contributed by atoms with van der Waals surface area (Å²) in [5.74, 6) is 1.57. The third-order valence-electron chi connectivity index (χ3n) is 2.98. The van der Waals surface area contributed by atoms with Crippen LogP contribution in [-0.4, -0.2) is 36.3 Å². The Balaban J connectivity index is 1.67. The molecule has 1 fully saturated rings. The molecule has 2 aliphatic rings. The second kappa shape index (κ2) is 4.17. The van der Waals surface area contributed by atoms with Gasteiger partial charge < -0.3 is 15.7 Å². The lowest BCUT2D eigenvalue weighted by Crippen LogP contribution is -2.48. The number of hydrogen-bond donors (Lipinski definition) is 3. The summed E-state index contributed by atoms with van der Waals surface area (Å²) in [6, 6.07) is 0.530. The van der Waals surface area contributed by atoms with E-state index >= 15 is 0 Å². The smallest absolute Gasteiger partial charge is 0.191 e. The van der Waals surface area contributed by atoms with Gasteiger partial charge in [0.2, 0.25) is 0 Å². The van der Waals surface area contributed by atoms with E-state index in [-0.39, 0.29) is 6.10 Å². The van der Waals surface area contributed by atoms with E-state index < -0.39 is 0 Å². The molecule has 1 aliphatic heterocycles. The molecule has 0 aromatic carbocycles. The third-order valence-corrected chi connectivity index (χ3v) is 2.98. The lowest BCUT2D eigenvalue weighted by molar-refractivity contribution is 0.0449. The minimum absolute atomic E-state index is 0.0537. The van der Waals surface area contributed by atoms with Crippen LogP contribution in [-0.2, 0) is 0 Å². The van der Waals surface area contributed by atoms with E-state index in [0.717, 1.165) is 38.3 Å². The molecule has 4 nitrogen and oxygen atoms in total. The highest BCUT2D eigenvalue weighted by atomic mass is 16.3. The van der Waals surface area contributed by atoms with Crippen LogP contribution >= 0.6 is 0 Å². The van der Waals surface area contributed by atoms with Crippen LogP contribution in [0, 0.1) is 5.92 Å². The Morgan fingerprint density at radius 1 is 1.57 bits per heavy atom. The molecule has 1 saturated carbocycles. The number of rotatable bonds is 2. The van der Waals surface area contributed by atoms with Crippen molar-refractivity contribution in [1.82, 2.24) is 10.6 Å². The summed E-state index contributed by atoms with van der Waals surface area (Å²) < 4.78 is 0. The molecule has 2 rings (SSSR count). The van der Waals surface area contributed by atoms with Crippen LogP contribution in [0.2, 0.25) is 0 Å². The van der Waals surface area contributed by atoms with Gasteiger partial charge in [-0.05, 0) is 32.1 Å². The van der Waals surface area contributed by atoms with Gasteiger partial charge in [-0.1, -0.05) is 0 Å². The Labute approximate surface area is 84.8 Å². The van der Waals surface area contributed by atoms with E-state index in [0.29, 0.717) is 12.0 Å². The highest BCUT2D eigenvalue weighted by Gasteiger charge is 2.27. The van der Waals surface area contributed by atoms with Crippen LogP contribution in [0.5, 0.6) is 0 Å². The quantitative estimate of drug-likeness (QED) is 0.588. The van der Waals surface area contributed by atoms with Crippen LogP contribution in [0.25, 0.3) is 0 Å². The number of nitrogens with one attached hydrogen (secondary N) is 2. The molecule has 0 spiro atoms. The Kier molecular flexibility index (Phi) is 2.91. The van der Waals surface area contributed by atoms with E-state index in [1.165, 1.54) is 0 Å². The van der Waals surface area contributed by atoms with E-state index in [4.69, 9.17) is 5.11 Å². The van der Waals surface area contributed by atoms with E-state index in [2.05, 4.69) is 22.5 Å². The van der Waals surface area contributed by atoms with Crippen molar-refractivity contribution in [3.8, 4) is 0 Å². The van der Waals surface area contributed by atoms with Gasteiger partial charge in [-0.15, -0.1) is 0 Å². The minimum Gasteiger partial charge on any atom is -0.393 e. The summed E-state index contributed by atoms with van der Waals surface area (Å²) in [6.07, 6.45) is 2.95. The molecule has 14 heavy (non-hydrogen) atoms. The van der Waals surface area contributed by atoms with Crippen LogP contribution in [0.1, 0.15) is 26.2 Å². The van der Waals surface area contributed by atoms with Gasteiger partial charge >= 0.3 is 0 Å². The first-order valence-corrected chi connectivity index (χ1v) is 5.47. The maximum atomic E-state index is 9.12. The highest BCUT2D eigenvalue weighted by Crippen LogP contribution is 2.25. The zero-order valence-electron chi connectivity index (χ0n) is 8.66. The molecular formula is C10H19N3O.